The Bertz CT molecular complexity index is 800. The molecule has 1 amide bonds. The molecular weight excluding hydrogens is 398 g/mol. The molecule has 0 spiro atoms. The second-order valence-corrected chi connectivity index (χ2v) is 8.85. The van der Waals surface area contributed by atoms with Gasteiger partial charge in [-0.1, -0.05) is 19.4 Å². The molecule has 0 saturated carbocycles. The van der Waals surface area contributed by atoms with Gasteiger partial charge in [-0.15, -0.1) is 0 Å². The first-order valence-corrected chi connectivity index (χ1v) is 10.4. The van der Waals surface area contributed by atoms with Gasteiger partial charge < -0.3 is 18.9 Å². The van der Waals surface area contributed by atoms with Crippen molar-refractivity contribution in [2.75, 3.05) is 13.2 Å². The fourth-order valence-electron chi connectivity index (χ4n) is 3.65. The molecule has 9 heteroatoms. The minimum atomic E-state index is -2.96. The smallest absolute Gasteiger partial charge is 0.449 e. The minimum Gasteiger partial charge on any atom is -0.449 e. The first kappa shape index (κ1) is 22.9. The zero-order chi connectivity index (χ0) is 22.3. The van der Waals surface area contributed by atoms with Crippen LogP contribution >= 0.6 is 0 Å². The van der Waals surface area contributed by atoms with Crippen molar-refractivity contribution >= 4 is 18.7 Å². The summed E-state index contributed by atoms with van der Waals surface area (Å²) in [6.45, 7) is 9.97. The number of unbranched alkanes of at least 4 members (excludes halogenated alkanes) is 1. The van der Waals surface area contributed by atoms with Gasteiger partial charge in [0.25, 0.3) is 6.43 Å². The van der Waals surface area contributed by atoms with Crippen LogP contribution in [0.3, 0.4) is 0 Å². The van der Waals surface area contributed by atoms with Crippen molar-refractivity contribution in [1.82, 2.24) is 4.90 Å². The standard InChI is InChI=1S/C21H29BF3NO4/c1-6-7-10-28-19(27)26-9-8-13-15(12-26)16(11-14(17(13)23)18(24)25)22-29-20(2,3)21(4,5)30-22/h11,18H,6-10,12H2,1-5H3. The van der Waals surface area contributed by atoms with Gasteiger partial charge in [0.1, 0.15) is 5.82 Å². The summed E-state index contributed by atoms with van der Waals surface area (Å²) in [6.07, 6.45) is -1.69. The van der Waals surface area contributed by atoms with E-state index in [-0.39, 0.29) is 25.1 Å². The molecule has 1 aromatic rings. The lowest BCUT2D eigenvalue weighted by atomic mass is 9.72. The van der Waals surface area contributed by atoms with Crippen LogP contribution in [0, 0.1) is 5.82 Å². The van der Waals surface area contributed by atoms with Crippen LogP contribution in [-0.2, 0) is 27.0 Å². The number of fused-ring (bicyclic) bond motifs is 1. The number of hydrogen-bond acceptors (Lipinski definition) is 4. The summed E-state index contributed by atoms with van der Waals surface area (Å²) in [4.78, 5) is 13.9. The van der Waals surface area contributed by atoms with Gasteiger partial charge in [-0.3, -0.25) is 0 Å². The molecule has 2 aliphatic rings. The van der Waals surface area contributed by atoms with Gasteiger partial charge in [-0.25, -0.2) is 18.0 Å². The van der Waals surface area contributed by atoms with Crippen molar-refractivity contribution in [3.63, 3.8) is 0 Å². The predicted molar refractivity (Wildman–Crippen MR) is 107 cm³/mol. The average molecular weight is 427 g/mol. The van der Waals surface area contributed by atoms with E-state index in [4.69, 9.17) is 14.0 Å². The molecule has 1 saturated heterocycles. The van der Waals surface area contributed by atoms with Crippen LogP contribution < -0.4 is 5.46 Å². The lowest BCUT2D eigenvalue weighted by Gasteiger charge is -2.32. The number of alkyl halides is 2. The maximum absolute atomic E-state index is 14.9. The normalized spacial score (nSPS) is 19.9. The molecule has 0 N–H and O–H groups in total. The Hall–Kier alpha value is -1.74. The fourth-order valence-corrected chi connectivity index (χ4v) is 3.65. The monoisotopic (exact) mass is 427 g/mol. The highest BCUT2D eigenvalue weighted by atomic mass is 19.3. The molecule has 0 unspecified atom stereocenters. The van der Waals surface area contributed by atoms with E-state index in [1.165, 1.54) is 4.90 Å². The molecule has 5 nitrogen and oxygen atoms in total. The van der Waals surface area contributed by atoms with Crippen molar-refractivity contribution in [1.29, 1.82) is 0 Å². The van der Waals surface area contributed by atoms with E-state index >= 15 is 0 Å². The topological polar surface area (TPSA) is 48.0 Å². The number of benzene rings is 1. The van der Waals surface area contributed by atoms with Crippen LogP contribution in [0.4, 0.5) is 18.0 Å². The van der Waals surface area contributed by atoms with Gasteiger partial charge in [0.05, 0.1) is 23.4 Å². The van der Waals surface area contributed by atoms with Gasteiger partial charge in [0, 0.05) is 13.1 Å². The van der Waals surface area contributed by atoms with Gasteiger partial charge in [0.15, 0.2) is 0 Å². The predicted octanol–water partition coefficient (Wildman–Crippen LogP) is 4.36. The van der Waals surface area contributed by atoms with Gasteiger partial charge in [-0.2, -0.15) is 0 Å². The van der Waals surface area contributed by atoms with Crippen molar-refractivity contribution in [2.24, 2.45) is 0 Å². The number of amides is 1. The molecule has 0 aliphatic carbocycles. The zero-order valence-corrected chi connectivity index (χ0v) is 18.2. The van der Waals surface area contributed by atoms with Gasteiger partial charge in [0.2, 0.25) is 0 Å². The quantitative estimate of drug-likeness (QED) is 0.518. The van der Waals surface area contributed by atoms with E-state index in [2.05, 4.69) is 0 Å². The third-order valence-corrected chi connectivity index (χ3v) is 6.25. The third-order valence-electron chi connectivity index (χ3n) is 6.25. The van der Waals surface area contributed by atoms with Gasteiger partial charge in [-0.05, 0) is 57.1 Å². The Kier molecular flexibility index (Phi) is 6.44. The second-order valence-electron chi connectivity index (χ2n) is 8.85. The largest absolute Gasteiger partial charge is 0.495 e. The zero-order valence-electron chi connectivity index (χ0n) is 18.2. The lowest BCUT2D eigenvalue weighted by Crippen LogP contribution is -2.44. The second kappa shape index (κ2) is 8.42. The summed E-state index contributed by atoms with van der Waals surface area (Å²) in [7, 11) is -0.932. The molecular formula is C21H29BF3NO4. The number of nitrogens with zero attached hydrogens (tertiary/aromatic N) is 1. The van der Waals surface area contributed by atoms with Crippen LogP contribution in [0.5, 0.6) is 0 Å². The minimum absolute atomic E-state index is 0.0557. The summed E-state index contributed by atoms with van der Waals surface area (Å²) in [6, 6.07) is 1.12. The van der Waals surface area contributed by atoms with Crippen molar-refractivity contribution in [3.05, 3.63) is 28.6 Å². The van der Waals surface area contributed by atoms with Crippen LogP contribution in [-0.4, -0.2) is 42.5 Å². The van der Waals surface area contributed by atoms with E-state index in [0.717, 1.165) is 18.9 Å². The first-order chi connectivity index (χ1) is 14.0. The summed E-state index contributed by atoms with van der Waals surface area (Å²) in [5.41, 5.74) is -1.05. The molecule has 1 aromatic carbocycles. The number of ether oxygens (including phenoxy) is 1. The van der Waals surface area contributed by atoms with E-state index in [1.54, 1.807) is 0 Å². The Morgan fingerprint density at radius 1 is 1.23 bits per heavy atom. The summed E-state index contributed by atoms with van der Waals surface area (Å²) >= 11 is 0. The Labute approximate surface area is 176 Å². The fraction of sp³-hybridized carbons (Fsp3) is 0.667. The maximum Gasteiger partial charge on any atom is 0.495 e. The molecule has 0 atom stereocenters. The van der Waals surface area contributed by atoms with Crippen molar-refractivity contribution in [3.8, 4) is 0 Å². The first-order valence-electron chi connectivity index (χ1n) is 10.4. The summed E-state index contributed by atoms with van der Waals surface area (Å²) in [5.74, 6) is -0.917. The molecule has 166 valence electrons. The summed E-state index contributed by atoms with van der Waals surface area (Å²) in [5, 5.41) is 0. The molecule has 2 heterocycles. The highest BCUT2D eigenvalue weighted by molar-refractivity contribution is 6.62. The molecule has 2 aliphatic heterocycles. The maximum atomic E-state index is 14.9. The van der Waals surface area contributed by atoms with Crippen LogP contribution in [0.1, 0.15) is 70.6 Å². The number of hydrogen-bond donors (Lipinski definition) is 0. The van der Waals surface area contributed by atoms with Crippen molar-refractivity contribution in [2.45, 2.75) is 78.1 Å². The third kappa shape index (κ3) is 4.19. The molecule has 0 bridgehead atoms. The number of carbonyl (C=O) groups is 1. The molecule has 0 radical (unpaired) electrons. The van der Waals surface area contributed by atoms with E-state index in [0.29, 0.717) is 17.6 Å². The molecule has 3 rings (SSSR count). The highest BCUT2D eigenvalue weighted by Crippen LogP contribution is 2.38. The number of rotatable bonds is 5. The van der Waals surface area contributed by atoms with Crippen LogP contribution in [0.15, 0.2) is 6.07 Å². The van der Waals surface area contributed by atoms with E-state index < -0.39 is 42.2 Å². The Morgan fingerprint density at radius 2 is 1.87 bits per heavy atom. The highest BCUT2D eigenvalue weighted by Gasteiger charge is 2.53. The SMILES string of the molecule is CCCCOC(=O)N1CCc2c(F)c(C(F)F)cc(B3OC(C)(C)C(C)(C)O3)c2C1. The number of halogens is 3. The van der Waals surface area contributed by atoms with Gasteiger partial charge >= 0.3 is 13.2 Å². The number of carbonyl (C=O) groups excluding carboxylic acids is 1. The van der Waals surface area contributed by atoms with Crippen LogP contribution in [0.25, 0.3) is 0 Å². The molecule has 0 aromatic heterocycles. The van der Waals surface area contributed by atoms with Crippen molar-refractivity contribution < 1.29 is 32.0 Å². The molecule has 30 heavy (non-hydrogen) atoms. The Morgan fingerprint density at radius 3 is 2.43 bits per heavy atom. The van der Waals surface area contributed by atoms with E-state index in [9.17, 15) is 18.0 Å². The average Bonchev–Trinajstić information content (AvgIpc) is 2.88. The Balaban J connectivity index is 1.98. The lowest BCUT2D eigenvalue weighted by molar-refractivity contribution is 0.00578. The van der Waals surface area contributed by atoms with Crippen LogP contribution in [0.2, 0.25) is 0 Å². The molecule has 1 fully saturated rings. The van der Waals surface area contributed by atoms with E-state index in [1.807, 2.05) is 34.6 Å². The summed E-state index contributed by atoms with van der Waals surface area (Å²) < 4.78 is 59.3.